The lowest BCUT2D eigenvalue weighted by atomic mass is 9.92. The maximum atomic E-state index is 12.2. The van der Waals surface area contributed by atoms with Gasteiger partial charge < -0.3 is 10.2 Å². The largest absolute Gasteiger partial charge is 0.343 e. The number of nitrogens with zero attached hydrogens (tertiary/aromatic N) is 2. The van der Waals surface area contributed by atoms with Gasteiger partial charge in [-0.15, -0.1) is 0 Å². The molecular weight excluding hydrogens is 202 g/mol. The van der Waals surface area contributed by atoms with Crippen LogP contribution in [0.2, 0.25) is 0 Å². The van der Waals surface area contributed by atoms with Crippen LogP contribution in [0.3, 0.4) is 0 Å². The average molecular weight is 225 g/mol. The molecule has 92 valence electrons. The van der Waals surface area contributed by atoms with Crippen LogP contribution in [0, 0.1) is 0 Å². The van der Waals surface area contributed by atoms with E-state index in [4.69, 9.17) is 0 Å². The molecule has 2 rings (SSSR count). The van der Waals surface area contributed by atoms with Gasteiger partial charge in [0.2, 0.25) is 5.91 Å². The van der Waals surface area contributed by atoms with Gasteiger partial charge in [0.25, 0.3) is 0 Å². The number of amides is 1. The van der Waals surface area contributed by atoms with E-state index in [9.17, 15) is 4.79 Å². The molecule has 16 heavy (non-hydrogen) atoms. The summed E-state index contributed by atoms with van der Waals surface area (Å²) in [5.74, 6) is 0.261. The molecule has 0 atom stereocenters. The molecule has 2 fully saturated rings. The lowest BCUT2D eigenvalue weighted by Crippen LogP contribution is -2.65. The minimum atomic E-state index is -0.324. The first-order valence-electron chi connectivity index (χ1n) is 6.26. The van der Waals surface area contributed by atoms with E-state index in [0.29, 0.717) is 6.04 Å². The number of hydrogen-bond acceptors (Lipinski definition) is 3. The zero-order chi connectivity index (χ0) is 11.8. The molecule has 4 heteroatoms. The van der Waals surface area contributed by atoms with Crippen LogP contribution in [0.5, 0.6) is 0 Å². The number of carbonyl (C=O) groups is 1. The second kappa shape index (κ2) is 4.34. The summed E-state index contributed by atoms with van der Waals surface area (Å²) in [5.41, 5.74) is -0.324. The first-order chi connectivity index (χ1) is 7.53. The van der Waals surface area contributed by atoms with Gasteiger partial charge >= 0.3 is 0 Å². The molecule has 0 aromatic rings. The summed E-state index contributed by atoms with van der Waals surface area (Å²) >= 11 is 0. The lowest BCUT2D eigenvalue weighted by molar-refractivity contribution is -0.150. The molecule has 0 aromatic carbocycles. The van der Waals surface area contributed by atoms with Crippen LogP contribution in [-0.4, -0.2) is 60.5 Å². The normalized spacial score (nSPS) is 28.4. The summed E-state index contributed by atoms with van der Waals surface area (Å²) in [6.45, 7) is 8.18. The maximum Gasteiger partial charge on any atom is 0.242 e. The van der Waals surface area contributed by atoms with Gasteiger partial charge in [-0.1, -0.05) is 0 Å². The van der Waals surface area contributed by atoms with E-state index in [-0.39, 0.29) is 11.4 Å². The molecule has 2 heterocycles. The van der Waals surface area contributed by atoms with Crippen LogP contribution in [-0.2, 0) is 4.79 Å². The third kappa shape index (κ3) is 1.96. The molecule has 0 radical (unpaired) electrons. The summed E-state index contributed by atoms with van der Waals surface area (Å²) in [4.78, 5) is 16.4. The number of carbonyl (C=O) groups excluding carboxylic acids is 1. The summed E-state index contributed by atoms with van der Waals surface area (Å²) in [6.07, 6.45) is 2.33. The minimum Gasteiger partial charge on any atom is -0.343 e. The fraction of sp³-hybridized carbons (Fsp3) is 0.917. The Morgan fingerprint density at radius 1 is 1.25 bits per heavy atom. The molecule has 2 aliphatic rings. The van der Waals surface area contributed by atoms with Crippen molar-refractivity contribution in [2.24, 2.45) is 0 Å². The van der Waals surface area contributed by atoms with E-state index in [2.05, 4.69) is 24.1 Å². The van der Waals surface area contributed by atoms with Crippen molar-refractivity contribution in [2.75, 3.05) is 33.2 Å². The van der Waals surface area contributed by atoms with Crippen LogP contribution >= 0.6 is 0 Å². The number of hydrogen-bond donors (Lipinski definition) is 1. The van der Waals surface area contributed by atoms with Crippen molar-refractivity contribution in [3.63, 3.8) is 0 Å². The SMILES string of the molecule is CN1CCN(C2CCNCC2)C(C)(C)C1=O. The van der Waals surface area contributed by atoms with Crippen molar-refractivity contribution in [1.82, 2.24) is 15.1 Å². The molecule has 4 nitrogen and oxygen atoms in total. The highest BCUT2D eigenvalue weighted by molar-refractivity contribution is 5.86. The van der Waals surface area contributed by atoms with Crippen molar-refractivity contribution in [3.05, 3.63) is 0 Å². The second-order valence-corrected chi connectivity index (χ2v) is 5.46. The van der Waals surface area contributed by atoms with E-state index in [1.165, 1.54) is 12.8 Å². The number of rotatable bonds is 1. The number of piperidine rings is 1. The Kier molecular flexibility index (Phi) is 3.22. The zero-order valence-corrected chi connectivity index (χ0v) is 10.6. The van der Waals surface area contributed by atoms with Gasteiger partial charge in [0.1, 0.15) is 0 Å². The van der Waals surface area contributed by atoms with Crippen molar-refractivity contribution in [2.45, 2.75) is 38.3 Å². The van der Waals surface area contributed by atoms with Crippen LogP contribution in [0.1, 0.15) is 26.7 Å². The Balaban J connectivity index is 2.11. The molecule has 0 spiro atoms. The molecule has 0 bridgehead atoms. The highest BCUT2D eigenvalue weighted by atomic mass is 16.2. The Morgan fingerprint density at radius 2 is 1.88 bits per heavy atom. The minimum absolute atomic E-state index is 0.261. The lowest BCUT2D eigenvalue weighted by Gasteiger charge is -2.49. The third-order valence-corrected chi connectivity index (χ3v) is 4.01. The van der Waals surface area contributed by atoms with Crippen molar-refractivity contribution >= 4 is 5.91 Å². The summed E-state index contributed by atoms with van der Waals surface area (Å²) in [7, 11) is 1.91. The van der Waals surface area contributed by atoms with Crippen LogP contribution in [0.4, 0.5) is 0 Å². The van der Waals surface area contributed by atoms with Crippen molar-refractivity contribution in [3.8, 4) is 0 Å². The first-order valence-corrected chi connectivity index (χ1v) is 6.26. The second-order valence-electron chi connectivity index (χ2n) is 5.46. The highest BCUT2D eigenvalue weighted by Gasteiger charge is 2.43. The van der Waals surface area contributed by atoms with Gasteiger partial charge in [-0.05, 0) is 39.8 Å². The summed E-state index contributed by atoms with van der Waals surface area (Å²) < 4.78 is 0. The van der Waals surface area contributed by atoms with Crippen LogP contribution in [0.15, 0.2) is 0 Å². The van der Waals surface area contributed by atoms with E-state index < -0.39 is 0 Å². The Morgan fingerprint density at radius 3 is 2.50 bits per heavy atom. The predicted molar refractivity (Wildman–Crippen MR) is 64.3 cm³/mol. The van der Waals surface area contributed by atoms with Gasteiger partial charge in [-0.3, -0.25) is 9.69 Å². The highest BCUT2D eigenvalue weighted by Crippen LogP contribution is 2.27. The summed E-state index contributed by atoms with van der Waals surface area (Å²) in [5, 5.41) is 3.38. The van der Waals surface area contributed by atoms with Crippen molar-refractivity contribution in [1.29, 1.82) is 0 Å². The Bertz CT molecular complexity index is 271. The zero-order valence-electron chi connectivity index (χ0n) is 10.6. The first kappa shape index (κ1) is 11.9. The van der Waals surface area contributed by atoms with E-state index in [0.717, 1.165) is 26.2 Å². The number of piperazine rings is 1. The predicted octanol–water partition coefficient (Wildman–Crippen LogP) is 0.291. The average Bonchev–Trinajstić information content (AvgIpc) is 2.27. The van der Waals surface area contributed by atoms with Crippen molar-refractivity contribution < 1.29 is 4.79 Å². The standard InChI is InChI=1S/C12H23N3O/c1-12(2)11(16)14(3)8-9-15(12)10-4-6-13-7-5-10/h10,13H,4-9H2,1-3H3. The van der Waals surface area contributed by atoms with E-state index in [1.54, 1.807) is 0 Å². The van der Waals surface area contributed by atoms with Crippen LogP contribution in [0.25, 0.3) is 0 Å². The molecule has 2 saturated heterocycles. The van der Waals surface area contributed by atoms with Gasteiger partial charge in [0, 0.05) is 26.2 Å². The Labute approximate surface area is 98.0 Å². The molecule has 0 aliphatic carbocycles. The third-order valence-electron chi connectivity index (χ3n) is 4.01. The van der Waals surface area contributed by atoms with Gasteiger partial charge in [0.15, 0.2) is 0 Å². The van der Waals surface area contributed by atoms with Crippen LogP contribution < -0.4 is 5.32 Å². The molecule has 1 N–H and O–H groups in total. The van der Waals surface area contributed by atoms with Gasteiger partial charge in [-0.25, -0.2) is 0 Å². The number of likely N-dealkylation sites (N-methyl/N-ethyl adjacent to an activating group) is 1. The Hall–Kier alpha value is -0.610. The quantitative estimate of drug-likeness (QED) is 0.697. The summed E-state index contributed by atoms with van der Waals surface area (Å²) in [6, 6.07) is 0.578. The van der Waals surface area contributed by atoms with Gasteiger partial charge in [0.05, 0.1) is 5.54 Å². The molecule has 1 amide bonds. The molecule has 0 saturated carbocycles. The molecule has 0 aromatic heterocycles. The monoisotopic (exact) mass is 225 g/mol. The number of nitrogens with one attached hydrogen (secondary N) is 1. The molecular formula is C12H23N3O. The van der Waals surface area contributed by atoms with E-state index >= 15 is 0 Å². The smallest absolute Gasteiger partial charge is 0.242 e. The topological polar surface area (TPSA) is 35.6 Å². The fourth-order valence-corrected chi connectivity index (χ4v) is 2.99. The van der Waals surface area contributed by atoms with E-state index in [1.807, 2.05) is 11.9 Å². The molecule has 0 unspecified atom stereocenters. The van der Waals surface area contributed by atoms with Gasteiger partial charge in [-0.2, -0.15) is 0 Å². The fourth-order valence-electron chi connectivity index (χ4n) is 2.99. The molecule has 2 aliphatic heterocycles. The maximum absolute atomic E-state index is 12.2.